The standard InChI is InChI=1S/C10H16N2O3/c1-10(2,3)8-5-7(12-15-8)6(11)4-9(13)14/h5-6H,4,11H2,1-3H3,(H,13,14). The van der Waals surface area contributed by atoms with E-state index in [2.05, 4.69) is 5.16 Å². The van der Waals surface area contributed by atoms with Gasteiger partial charge in [-0.15, -0.1) is 0 Å². The molecule has 0 radical (unpaired) electrons. The molecular formula is C10H16N2O3. The first-order valence-electron chi connectivity index (χ1n) is 4.75. The number of nitrogens with two attached hydrogens (primary N) is 1. The van der Waals surface area contributed by atoms with Crippen LogP contribution in [-0.2, 0) is 10.2 Å². The molecule has 15 heavy (non-hydrogen) atoms. The molecule has 84 valence electrons. The fourth-order valence-electron chi connectivity index (χ4n) is 1.11. The van der Waals surface area contributed by atoms with E-state index in [1.165, 1.54) is 0 Å². The minimum atomic E-state index is -0.942. The van der Waals surface area contributed by atoms with Crippen molar-refractivity contribution in [2.45, 2.75) is 38.6 Å². The second-order valence-corrected chi connectivity index (χ2v) is 4.57. The van der Waals surface area contributed by atoms with Gasteiger partial charge in [0.05, 0.1) is 12.5 Å². The van der Waals surface area contributed by atoms with E-state index in [0.29, 0.717) is 11.5 Å². The van der Waals surface area contributed by atoms with E-state index >= 15 is 0 Å². The van der Waals surface area contributed by atoms with Gasteiger partial charge in [0.1, 0.15) is 11.5 Å². The Labute approximate surface area is 88.2 Å². The first-order chi connectivity index (χ1) is 6.80. The van der Waals surface area contributed by atoms with Gasteiger partial charge < -0.3 is 15.4 Å². The van der Waals surface area contributed by atoms with Crippen molar-refractivity contribution in [3.63, 3.8) is 0 Å². The molecule has 5 heteroatoms. The highest BCUT2D eigenvalue weighted by Crippen LogP contribution is 2.24. The molecule has 1 rings (SSSR count). The fraction of sp³-hybridized carbons (Fsp3) is 0.600. The number of aliphatic carboxylic acids is 1. The lowest BCUT2D eigenvalue weighted by atomic mass is 9.93. The third-order valence-electron chi connectivity index (χ3n) is 2.04. The number of hydrogen-bond acceptors (Lipinski definition) is 4. The van der Waals surface area contributed by atoms with Crippen molar-refractivity contribution >= 4 is 5.97 Å². The van der Waals surface area contributed by atoms with Crippen LogP contribution in [0, 0.1) is 0 Å². The van der Waals surface area contributed by atoms with Gasteiger partial charge in [-0.3, -0.25) is 4.79 Å². The van der Waals surface area contributed by atoms with Crippen LogP contribution in [0.4, 0.5) is 0 Å². The van der Waals surface area contributed by atoms with Crippen molar-refractivity contribution in [3.8, 4) is 0 Å². The average molecular weight is 212 g/mol. The molecule has 0 aromatic carbocycles. The van der Waals surface area contributed by atoms with E-state index < -0.39 is 12.0 Å². The molecule has 0 aliphatic heterocycles. The van der Waals surface area contributed by atoms with E-state index in [0.717, 1.165) is 0 Å². The van der Waals surface area contributed by atoms with Gasteiger partial charge in [0.25, 0.3) is 0 Å². The molecule has 1 unspecified atom stereocenters. The summed E-state index contributed by atoms with van der Waals surface area (Å²) in [5.74, 6) is -0.235. The van der Waals surface area contributed by atoms with Crippen molar-refractivity contribution in [1.29, 1.82) is 0 Å². The van der Waals surface area contributed by atoms with Crippen LogP contribution in [-0.4, -0.2) is 16.2 Å². The van der Waals surface area contributed by atoms with Crippen molar-refractivity contribution < 1.29 is 14.4 Å². The van der Waals surface area contributed by atoms with Gasteiger partial charge in [-0.05, 0) is 0 Å². The van der Waals surface area contributed by atoms with Gasteiger partial charge in [0.2, 0.25) is 0 Å². The zero-order chi connectivity index (χ0) is 11.6. The van der Waals surface area contributed by atoms with E-state index in [4.69, 9.17) is 15.4 Å². The summed E-state index contributed by atoms with van der Waals surface area (Å²) in [6.45, 7) is 5.96. The summed E-state index contributed by atoms with van der Waals surface area (Å²) in [7, 11) is 0. The predicted octanol–water partition coefficient (Wildman–Crippen LogP) is 1.45. The summed E-state index contributed by atoms with van der Waals surface area (Å²) in [5, 5.41) is 12.3. The van der Waals surface area contributed by atoms with Gasteiger partial charge in [-0.25, -0.2) is 0 Å². The minimum absolute atomic E-state index is 0.143. The molecule has 1 heterocycles. The molecule has 0 fully saturated rings. The Kier molecular flexibility index (Phi) is 3.14. The summed E-state index contributed by atoms with van der Waals surface area (Å²) >= 11 is 0. The number of carbonyl (C=O) groups is 1. The van der Waals surface area contributed by atoms with Gasteiger partial charge in [-0.2, -0.15) is 0 Å². The third kappa shape index (κ3) is 3.06. The fourth-order valence-corrected chi connectivity index (χ4v) is 1.11. The lowest BCUT2D eigenvalue weighted by Crippen LogP contribution is -2.15. The summed E-state index contributed by atoms with van der Waals surface area (Å²) in [4.78, 5) is 10.4. The van der Waals surface area contributed by atoms with E-state index in [1.54, 1.807) is 6.07 Å². The molecule has 0 bridgehead atoms. The van der Waals surface area contributed by atoms with Gasteiger partial charge in [0.15, 0.2) is 0 Å². The minimum Gasteiger partial charge on any atom is -0.481 e. The number of rotatable bonds is 3. The average Bonchev–Trinajstić information content (AvgIpc) is 2.48. The number of hydrogen-bond donors (Lipinski definition) is 2. The van der Waals surface area contributed by atoms with Gasteiger partial charge >= 0.3 is 5.97 Å². The molecule has 0 saturated heterocycles. The summed E-state index contributed by atoms with van der Waals surface area (Å²) in [5.41, 5.74) is 5.99. The molecule has 0 spiro atoms. The van der Waals surface area contributed by atoms with E-state index in [-0.39, 0.29) is 11.8 Å². The van der Waals surface area contributed by atoms with Crippen LogP contribution in [0.5, 0.6) is 0 Å². The van der Waals surface area contributed by atoms with E-state index in [1.807, 2.05) is 20.8 Å². The number of nitrogens with zero attached hydrogens (tertiary/aromatic N) is 1. The Balaban J connectivity index is 2.80. The van der Waals surface area contributed by atoms with Gasteiger partial charge in [0, 0.05) is 11.5 Å². The predicted molar refractivity (Wildman–Crippen MR) is 54.4 cm³/mol. The molecular weight excluding hydrogens is 196 g/mol. The second kappa shape index (κ2) is 4.02. The second-order valence-electron chi connectivity index (χ2n) is 4.57. The van der Waals surface area contributed by atoms with Crippen LogP contribution in [0.2, 0.25) is 0 Å². The molecule has 0 aliphatic carbocycles. The monoisotopic (exact) mass is 212 g/mol. The quantitative estimate of drug-likeness (QED) is 0.791. The first-order valence-corrected chi connectivity index (χ1v) is 4.75. The highest BCUT2D eigenvalue weighted by Gasteiger charge is 2.22. The van der Waals surface area contributed by atoms with Crippen LogP contribution in [0.25, 0.3) is 0 Å². The highest BCUT2D eigenvalue weighted by atomic mass is 16.5. The molecule has 1 atom stereocenters. The van der Waals surface area contributed by atoms with Crippen LogP contribution >= 0.6 is 0 Å². The summed E-state index contributed by atoms with van der Waals surface area (Å²) < 4.78 is 5.11. The number of aromatic nitrogens is 1. The zero-order valence-electron chi connectivity index (χ0n) is 9.15. The molecule has 1 aromatic rings. The lowest BCUT2D eigenvalue weighted by molar-refractivity contribution is -0.137. The summed E-state index contributed by atoms with van der Waals surface area (Å²) in [6.07, 6.45) is -0.143. The van der Waals surface area contributed by atoms with Gasteiger partial charge in [-0.1, -0.05) is 25.9 Å². The first kappa shape index (κ1) is 11.7. The largest absolute Gasteiger partial charge is 0.481 e. The molecule has 0 saturated carbocycles. The highest BCUT2D eigenvalue weighted by molar-refractivity contribution is 5.67. The van der Waals surface area contributed by atoms with Crippen LogP contribution in [0.1, 0.15) is 44.7 Å². The van der Waals surface area contributed by atoms with Crippen LogP contribution in [0.15, 0.2) is 10.6 Å². The Bertz CT molecular complexity index is 352. The maximum atomic E-state index is 10.4. The van der Waals surface area contributed by atoms with Crippen molar-refractivity contribution in [2.75, 3.05) is 0 Å². The normalized spacial score (nSPS) is 13.9. The van der Waals surface area contributed by atoms with Crippen molar-refractivity contribution in [1.82, 2.24) is 5.16 Å². The third-order valence-corrected chi connectivity index (χ3v) is 2.04. The number of carboxylic acids is 1. The lowest BCUT2D eigenvalue weighted by Gasteiger charge is -2.12. The molecule has 1 aromatic heterocycles. The van der Waals surface area contributed by atoms with Crippen LogP contribution in [0.3, 0.4) is 0 Å². The zero-order valence-corrected chi connectivity index (χ0v) is 9.15. The molecule has 5 nitrogen and oxygen atoms in total. The Hall–Kier alpha value is -1.36. The molecule has 0 aliphatic rings. The van der Waals surface area contributed by atoms with Crippen molar-refractivity contribution in [2.24, 2.45) is 5.73 Å². The van der Waals surface area contributed by atoms with Crippen molar-refractivity contribution in [3.05, 3.63) is 17.5 Å². The van der Waals surface area contributed by atoms with Crippen LogP contribution < -0.4 is 5.73 Å². The van der Waals surface area contributed by atoms with E-state index in [9.17, 15) is 4.79 Å². The maximum Gasteiger partial charge on any atom is 0.305 e. The Morgan fingerprint density at radius 1 is 1.67 bits per heavy atom. The maximum absolute atomic E-state index is 10.4. The summed E-state index contributed by atoms with van der Waals surface area (Å²) in [6, 6.07) is 1.11. The SMILES string of the molecule is CC(C)(C)c1cc(C(N)CC(=O)O)no1. The smallest absolute Gasteiger partial charge is 0.305 e. The molecule has 3 N–H and O–H groups in total. The Morgan fingerprint density at radius 2 is 2.27 bits per heavy atom. The Morgan fingerprint density at radius 3 is 2.67 bits per heavy atom. The number of carboxylic acid groups (broad SMARTS) is 1. The molecule has 0 amide bonds. The topological polar surface area (TPSA) is 89.4 Å².